The van der Waals surface area contributed by atoms with E-state index in [2.05, 4.69) is 21.2 Å². The summed E-state index contributed by atoms with van der Waals surface area (Å²) in [7, 11) is 0. The monoisotopic (exact) mass is 303 g/mol. The number of carbonyl (C=O) groups excluding carboxylic acids is 1. The molecule has 94 valence electrons. The predicted octanol–water partition coefficient (Wildman–Crippen LogP) is 1.92. The van der Waals surface area contributed by atoms with Crippen molar-refractivity contribution in [2.24, 2.45) is 0 Å². The Hall–Kier alpha value is -0.850. The number of rotatable bonds is 4. The zero-order chi connectivity index (χ0) is 12.1. The SMILES string of the molecule is O=C(NCCC1OCCCO1)c1ccc(Br)o1. The van der Waals surface area contributed by atoms with Crippen molar-refractivity contribution in [1.29, 1.82) is 0 Å². The van der Waals surface area contributed by atoms with Crippen LogP contribution < -0.4 is 5.32 Å². The molecule has 0 atom stereocenters. The number of carbonyl (C=O) groups is 1. The second-order valence-corrected chi connectivity index (χ2v) is 4.45. The Balaban J connectivity index is 1.69. The Morgan fingerprint density at radius 1 is 1.41 bits per heavy atom. The quantitative estimate of drug-likeness (QED) is 0.923. The lowest BCUT2D eigenvalue weighted by molar-refractivity contribution is -0.180. The van der Waals surface area contributed by atoms with Gasteiger partial charge >= 0.3 is 0 Å². The molecule has 17 heavy (non-hydrogen) atoms. The van der Waals surface area contributed by atoms with Gasteiger partial charge in [0.15, 0.2) is 16.7 Å². The average Bonchev–Trinajstić information content (AvgIpc) is 2.77. The minimum Gasteiger partial charge on any atom is -0.444 e. The summed E-state index contributed by atoms with van der Waals surface area (Å²) in [6, 6.07) is 3.30. The van der Waals surface area contributed by atoms with E-state index in [1.807, 2.05) is 0 Å². The first-order chi connectivity index (χ1) is 8.25. The predicted molar refractivity (Wildman–Crippen MR) is 63.7 cm³/mol. The lowest BCUT2D eigenvalue weighted by Crippen LogP contribution is -2.31. The molecule has 1 saturated heterocycles. The van der Waals surface area contributed by atoms with E-state index in [0.717, 1.165) is 19.6 Å². The number of amides is 1. The molecular formula is C11H14BrNO4. The van der Waals surface area contributed by atoms with E-state index in [-0.39, 0.29) is 12.2 Å². The van der Waals surface area contributed by atoms with Crippen molar-refractivity contribution in [2.45, 2.75) is 19.1 Å². The van der Waals surface area contributed by atoms with E-state index in [0.29, 0.717) is 23.4 Å². The molecule has 2 heterocycles. The van der Waals surface area contributed by atoms with Gasteiger partial charge in [0.25, 0.3) is 5.91 Å². The number of hydrogen-bond acceptors (Lipinski definition) is 4. The molecule has 0 aromatic carbocycles. The third kappa shape index (κ3) is 3.83. The van der Waals surface area contributed by atoms with Crippen molar-refractivity contribution >= 4 is 21.8 Å². The molecule has 0 aliphatic carbocycles. The highest BCUT2D eigenvalue weighted by Crippen LogP contribution is 2.14. The van der Waals surface area contributed by atoms with Gasteiger partial charge in [-0.25, -0.2) is 0 Å². The molecule has 0 bridgehead atoms. The fraction of sp³-hybridized carbons (Fsp3) is 0.545. The van der Waals surface area contributed by atoms with E-state index in [1.165, 1.54) is 0 Å². The minimum atomic E-state index is -0.230. The van der Waals surface area contributed by atoms with E-state index in [4.69, 9.17) is 13.9 Å². The summed E-state index contributed by atoms with van der Waals surface area (Å²) < 4.78 is 16.4. The Morgan fingerprint density at radius 3 is 2.82 bits per heavy atom. The van der Waals surface area contributed by atoms with Gasteiger partial charge in [0.1, 0.15) is 0 Å². The van der Waals surface area contributed by atoms with Gasteiger partial charge in [0, 0.05) is 13.0 Å². The molecule has 1 aromatic heterocycles. The fourth-order valence-electron chi connectivity index (χ4n) is 1.53. The van der Waals surface area contributed by atoms with E-state index in [9.17, 15) is 4.79 Å². The van der Waals surface area contributed by atoms with Crippen LogP contribution in [0.3, 0.4) is 0 Å². The van der Waals surface area contributed by atoms with Crippen molar-refractivity contribution in [3.05, 3.63) is 22.6 Å². The van der Waals surface area contributed by atoms with Gasteiger partial charge in [0.2, 0.25) is 0 Å². The number of halogens is 1. The number of hydrogen-bond donors (Lipinski definition) is 1. The highest BCUT2D eigenvalue weighted by Gasteiger charge is 2.15. The van der Waals surface area contributed by atoms with Crippen molar-refractivity contribution in [2.75, 3.05) is 19.8 Å². The normalized spacial score (nSPS) is 17.0. The van der Waals surface area contributed by atoms with Gasteiger partial charge in [-0.1, -0.05) is 0 Å². The second-order valence-electron chi connectivity index (χ2n) is 3.67. The first-order valence-corrected chi connectivity index (χ1v) is 6.32. The van der Waals surface area contributed by atoms with Gasteiger partial charge in [-0.2, -0.15) is 0 Å². The maximum Gasteiger partial charge on any atom is 0.287 e. The van der Waals surface area contributed by atoms with Crippen molar-refractivity contribution < 1.29 is 18.7 Å². The summed E-state index contributed by atoms with van der Waals surface area (Å²) in [6.45, 7) is 1.95. The fourth-order valence-corrected chi connectivity index (χ4v) is 1.84. The van der Waals surface area contributed by atoms with Gasteiger partial charge in [-0.3, -0.25) is 4.79 Å². The van der Waals surface area contributed by atoms with Crippen LogP contribution >= 0.6 is 15.9 Å². The van der Waals surface area contributed by atoms with Crippen LogP contribution in [0.1, 0.15) is 23.4 Å². The van der Waals surface area contributed by atoms with Crippen LogP contribution in [-0.2, 0) is 9.47 Å². The van der Waals surface area contributed by atoms with E-state index in [1.54, 1.807) is 12.1 Å². The molecule has 2 rings (SSSR count). The average molecular weight is 304 g/mol. The molecule has 0 saturated carbocycles. The second kappa shape index (κ2) is 6.18. The Kier molecular flexibility index (Phi) is 4.58. The molecule has 1 aliphatic heterocycles. The van der Waals surface area contributed by atoms with Crippen LogP contribution in [0.15, 0.2) is 21.2 Å². The summed E-state index contributed by atoms with van der Waals surface area (Å²) in [5.41, 5.74) is 0. The highest BCUT2D eigenvalue weighted by atomic mass is 79.9. The highest BCUT2D eigenvalue weighted by molar-refractivity contribution is 9.10. The van der Waals surface area contributed by atoms with Crippen molar-refractivity contribution in [3.8, 4) is 0 Å². The van der Waals surface area contributed by atoms with Crippen LogP contribution in [0.25, 0.3) is 0 Å². The molecule has 1 N–H and O–H groups in total. The molecule has 5 nitrogen and oxygen atoms in total. The molecule has 0 unspecified atom stereocenters. The van der Waals surface area contributed by atoms with Gasteiger partial charge in [-0.15, -0.1) is 0 Å². The molecule has 0 spiro atoms. The summed E-state index contributed by atoms with van der Waals surface area (Å²) >= 11 is 3.14. The summed E-state index contributed by atoms with van der Waals surface area (Å²) in [5, 5.41) is 2.75. The smallest absolute Gasteiger partial charge is 0.287 e. The van der Waals surface area contributed by atoms with Crippen molar-refractivity contribution in [3.63, 3.8) is 0 Å². The number of furan rings is 1. The lowest BCUT2D eigenvalue weighted by atomic mass is 10.3. The topological polar surface area (TPSA) is 60.7 Å². The van der Waals surface area contributed by atoms with Crippen LogP contribution in [0.2, 0.25) is 0 Å². The van der Waals surface area contributed by atoms with Crippen molar-refractivity contribution in [1.82, 2.24) is 5.32 Å². The van der Waals surface area contributed by atoms with Crippen LogP contribution in [-0.4, -0.2) is 32.0 Å². The largest absolute Gasteiger partial charge is 0.444 e. The minimum absolute atomic E-state index is 0.201. The molecule has 6 heteroatoms. The standard InChI is InChI=1S/C11H14BrNO4/c12-9-3-2-8(17-9)11(14)13-5-4-10-15-6-1-7-16-10/h2-3,10H,1,4-7H2,(H,13,14). The lowest BCUT2D eigenvalue weighted by Gasteiger charge is -2.22. The zero-order valence-electron chi connectivity index (χ0n) is 9.28. The Bertz CT molecular complexity index is 373. The Morgan fingerprint density at radius 2 is 2.18 bits per heavy atom. The maximum atomic E-state index is 11.6. The maximum absolute atomic E-state index is 11.6. The van der Waals surface area contributed by atoms with Gasteiger partial charge in [-0.05, 0) is 34.5 Å². The molecule has 0 radical (unpaired) electrons. The third-order valence-electron chi connectivity index (χ3n) is 2.36. The van der Waals surface area contributed by atoms with Crippen LogP contribution in [0.5, 0.6) is 0 Å². The molecule has 1 aliphatic rings. The first-order valence-electron chi connectivity index (χ1n) is 5.52. The zero-order valence-corrected chi connectivity index (χ0v) is 10.9. The molecular weight excluding hydrogens is 290 g/mol. The van der Waals surface area contributed by atoms with Crippen LogP contribution in [0, 0.1) is 0 Å². The third-order valence-corrected chi connectivity index (χ3v) is 2.78. The molecule has 1 amide bonds. The molecule has 1 fully saturated rings. The Labute approximate surface area is 108 Å². The van der Waals surface area contributed by atoms with Gasteiger partial charge in [0.05, 0.1) is 13.2 Å². The van der Waals surface area contributed by atoms with Gasteiger partial charge < -0.3 is 19.2 Å². The van der Waals surface area contributed by atoms with Crippen LogP contribution in [0.4, 0.5) is 0 Å². The number of ether oxygens (including phenoxy) is 2. The van der Waals surface area contributed by atoms with E-state index >= 15 is 0 Å². The molecule has 1 aromatic rings. The summed E-state index contributed by atoms with van der Waals surface area (Å²) in [6.07, 6.45) is 1.38. The summed E-state index contributed by atoms with van der Waals surface area (Å²) in [4.78, 5) is 11.6. The summed E-state index contributed by atoms with van der Waals surface area (Å²) in [5.74, 6) is 0.0638. The first kappa shape index (κ1) is 12.6. The number of nitrogens with one attached hydrogen (secondary N) is 1. The van der Waals surface area contributed by atoms with E-state index < -0.39 is 0 Å².